The van der Waals surface area contributed by atoms with Crippen LogP contribution in [0.2, 0.25) is 0 Å². The quantitative estimate of drug-likeness (QED) is 0.247. The molecule has 2 heteroatoms. The minimum Gasteiger partial charge on any atom is -0.256 e. The Hall–Kier alpha value is -4.27. The Balaban J connectivity index is 1.20. The van der Waals surface area contributed by atoms with E-state index in [1.165, 1.54) is 53.2 Å². The van der Waals surface area contributed by atoms with Crippen molar-refractivity contribution in [3.63, 3.8) is 0 Å². The normalized spacial score (nSPS) is 11.5. The molecule has 170 valence electrons. The molecule has 0 fully saturated rings. The number of benzene rings is 5. The third-order valence-corrected chi connectivity index (χ3v) is 8.15. The Morgan fingerprint density at radius 2 is 1.14 bits per heavy atom. The Morgan fingerprint density at radius 1 is 0.500 bits per heavy atom. The van der Waals surface area contributed by atoms with Gasteiger partial charge in [0.1, 0.15) is 0 Å². The summed E-state index contributed by atoms with van der Waals surface area (Å²) >= 11 is 1.85. The molecule has 0 atom stereocenters. The average Bonchev–Trinajstić information content (AvgIpc) is 3.31. The van der Waals surface area contributed by atoms with Gasteiger partial charge in [-0.3, -0.25) is 4.98 Å². The van der Waals surface area contributed by atoms with Crippen molar-refractivity contribution >= 4 is 42.3 Å². The van der Waals surface area contributed by atoms with E-state index in [0.29, 0.717) is 0 Å². The number of hydrogen-bond acceptors (Lipinski definition) is 2. The molecule has 0 aliphatic carbocycles. The maximum Gasteiger partial charge on any atom is 0.0702 e. The van der Waals surface area contributed by atoms with Crippen molar-refractivity contribution in [1.82, 2.24) is 4.98 Å². The van der Waals surface area contributed by atoms with E-state index in [1.54, 1.807) is 0 Å². The van der Waals surface area contributed by atoms with Gasteiger partial charge in [-0.15, -0.1) is 11.3 Å². The summed E-state index contributed by atoms with van der Waals surface area (Å²) in [7, 11) is 0. The zero-order chi connectivity index (χ0) is 24.1. The molecular weight excluding hydrogens is 454 g/mol. The molecule has 0 aliphatic rings. The highest BCUT2D eigenvalue weighted by Crippen LogP contribution is 2.36. The maximum atomic E-state index is 4.84. The summed E-state index contributed by atoms with van der Waals surface area (Å²) in [5, 5.41) is 5.11. The molecule has 0 unspecified atom stereocenters. The van der Waals surface area contributed by atoms with Crippen molar-refractivity contribution in [2.24, 2.45) is 0 Å². The fraction of sp³-hybridized carbons (Fsp3) is 0.0294. The zero-order valence-electron chi connectivity index (χ0n) is 19.9. The first-order valence-corrected chi connectivity index (χ1v) is 13.0. The van der Waals surface area contributed by atoms with Crippen LogP contribution in [-0.2, 0) is 0 Å². The van der Waals surface area contributed by atoms with Gasteiger partial charge in [0.05, 0.1) is 5.69 Å². The summed E-state index contributed by atoms with van der Waals surface area (Å²) in [6.07, 6.45) is 1.99. The lowest BCUT2D eigenvalue weighted by Gasteiger charge is -2.08. The van der Waals surface area contributed by atoms with Crippen LogP contribution in [0.1, 0.15) is 5.56 Å². The van der Waals surface area contributed by atoms with Crippen LogP contribution < -0.4 is 0 Å². The summed E-state index contributed by atoms with van der Waals surface area (Å²) < 4.78 is 2.65. The van der Waals surface area contributed by atoms with Gasteiger partial charge in [-0.2, -0.15) is 0 Å². The molecule has 0 saturated carbocycles. The predicted molar refractivity (Wildman–Crippen MR) is 156 cm³/mol. The van der Waals surface area contributed by atoms with Crippen LogP contribution >= 0.6 is 11.3 Å². The molecule has 7 aromatic rings. The Bertz CT molecular complexity index is 1880. The number of fused-ring (bicyclic) bond motifs is 4. The third-order valence-electron chi connectivity index (χ3n) is 6.99. The van der Waals surface area contributed by atoms with Crippen LogP contribution in [0.25, 0.3) is 64.5 Å². The highest BCUT2D eigenvalue weighted by molar-refractivity contribution is 7.25. The summed E-state index contributed by atoms with van der Waals surface area (Å²) in [6, 6.07) is 41.7. The fourth-order valence-electron chi connectivity index (χ4n) is 4.97. The van der Waals surface area contributed by atoms with Crippen LogP contribution in [-0.4, -0.2) is 4.98 Å². The van der Waals surface area contributed by atoms with E-state index in [4.69, 9.17) is 4.98 Å². The molecule has 2 aromatic heterocycles. The van der Waals surface area contributed by atoms with Gasteiger partial charge in [-0.1, -0.05) is 84.4 Å². The second-order valence-corrected chi connectivity index (χ2v) is 10.5. The van der Waals surface area contributed by atoms with Gasteiger partial charge in [0, 0.05) is 37.5 Å². The molecule has 0 saturated heterocycles. The van der Waals surface area contributed by atoms with Crippen LogP contribution in [0.5, 0.6) is 0 Å². The first-order valence-electron chi connectivity index (χ1n) is 12.2. The lowest BCUT2D eigenvalue weighted by Crippen LogP contribution is -1.86. The maximum absolute atomic E-state index is 4.84. The highest BCUT2D eigenvalue weighted by Gasteiger charge is 2.08. The number of thiophene rings is 1. The van der Waals surface area contributed by atoms with E-state index in [1.807, 2.05) is 17.5 Å². The van der Waals surface area contributed by atoms with Crippen molar-refractivity contribution in [3.8, 4) is 33.5 Å². The van der Waals surface area contributed by atoms with Crippen molar-refractivity contribution in [3.05, 3.63) is 127 Å². The van der Waals surface area contributed by atoms with E-state index >= 15 is 0 Å². The molecule has 0 radical (unpaired) electrons. The summed E-state index contributed by atoms with van der Waals surface area (Å²) in [4.78, 5) is 4.84. The van der Waals surface area contributed by atoms with E-state index in [0.717, 1.165) is 16.8 Å². The minimum atomic E-state index is 0.999. The minimum absolute atomic E-state index is 0.999. The van der Waals surface area contributed by atoms with Crippen LogP contribution in [0.3, 0.4) is 0 Å². The second kappa shape index (κ2) is 8.44. The van der Waals surface area contributed by atoms with Gasteiger partial charge in [-0.25, -0.2) is 0 Å². The molecule has 0 spiro atoms. The van der Waals surface area contributed by atoms with Crippen LogP contribution in [0.4, 0.5) is 0 Å². The SMILES string of the molecule is Cc1ccc(-c2ccc3cc(-c4ccc(-c5ccc6sc7ccccc7c6c5)nc4)ccc3c2)cc1. The molecule has 1 nitrogen and oxygen atoms in total. The third kappa shape index (κ3) is 3.67. The van der Waals surface area contributed by atoms with Crippen LogP contribution in [0.15, 0.2) is 121 Å². The lowest BCUT2D eigenvalue weighted by molar-refractivity contribution is 1.33. The van der Waals surface area contributed by atoms with Gasteiger partial charge in [0.2, 0.25) is 0 Å². The molecule has 0 N–H and O–H groups in total. The van der Waals surface area contributed by atoms with Crippen molar-refractivity contribution in [1.29, 1.82) is 0 Å². The Labute approximate surface area is 214 Å². The van der Waals surface area contributed by atoms with Crippen molar-refractivity contribution < 1.29 is 0 Å². The van der Waals surface area contributed by atoms with E-state index in [2.05, 4.69) is 122 Å². The number of aryl methyl sites for hydroxylation is 1. The van der Waals surface area contributed by atoms with Crippen molar-refractivity contribution in [2.45, 2.75) is 6.92 Å². The zero-order valence-corrected chi connectivity index (χ0v) is 20.7. The van der Waals surface area contributed by atoms with Gasteiger partial charge < -0.3 is 0 Å². The second-order valence-electron chi connectivity index (χ2n) is 9.38. The molecule has 0 aliphatic heterocycles. The molecule has 2 heterocycles. The first-order chi connectivity index (χ1) is 17.7. The van der Waals surface area contributed by atoms with Crippen molar-refractivity contribution in [2.75, 3.05) is 0 Å². The molecule has 0 amide bonds. The van der Waals surface area contributed by atoms with E-state index < -0.39 is 0 Å². The number of aromatic nitrogens is 1. The van der Waals surface area contributed by atoms with E-state index in [-0.39, 0.29) is 0 Å². The smallest absolute Gasteiger partial charge is 0.0702 e. The topological polar surface area (TPSA) is 12.9 Å². The Morgan fingerprint density at radius 3 is 1.89 bits per heavy atom. The van der Waals surface area contributed by atoms with Gasteiger partial charge in [0.15, 0.2) is 0 Å². The largest absolute Gasteiger partial charge is 0.256 e. The standard InChI is InChI=1S/C34H23NS/c1-22-6-8-23(9-7-22)24-10-11-26-19-27(13-12-25(26)18-24)29-14-16-32(35-21-29)28-15-17-34-31(20-28)30-4-2-3-5-33(30)36-34/h2-21H,1H3. The molecular formula is C34H23NS. The van der Waals surface area contributed by atoms with Gasteiger partial charge >= 0.3 is 0 Å². The van der Waals surface area contributed by atoms with Gasteiger partial charge in [-0.05, 0) is 70.8 Å². The van der Waals surface area contributed by atoms with Gasteiger partial charge in [0.25, 0.3) is 0 Å². The Kier molecular flexibility index (Phi) is 4.93. The highest BCUT2D eigenvalue weighted by atomic mass is 32.1. The average molecular weight is 478 g/mol. The molecule has 5 aromatic carbocycles. The van der Waals surface area contributed by atoms with Crippen LogP contribution in [0, 0.1) is 6.92 Å². The summed E-state index contributed by atoms with van der Waals surface area (Å²) in [5.74, 6) is 0. The lowest BCUT2D eigenvalue weighted by atomic mass is 9.97. The number of pyridine rings is 1. The monoisotopic (exact) mass is 477 g/mol. The predicted octanol–water partition coefficient (Wildman–Crippen LogP) is 9.91. The number of rotatable bonds is 3. The summed E-state index contributed by atoms with van der Waals surface area (Å²) in [5.41, 5.74) is 8.24. The molecule has 0 bridgehead atoms. The molecule has 7 rings (SSSR count). The van der Waals surface area contributed by atoms with E-state index in [9.17, 15) is 0 Å². The summed E-state index contributed by atoms with van der Waals surface area (Å²) in [6.45, 7) is 2.12. The first kappa shape index (κ1) is 21.0. The number of nitrogens with zero attached hydrogens (tertiary/aromatic N) is 1. The molecule has 36 heavy (non-hydrogen) atoms. The fourth-order valence-corrected chi connectivity index (χ4v) is 6.06. The number of hydrogen-bond donors (Lipinski definition) is 0.